The topological polar surface area (TPSA) is 24.9 Å². The van der Waals surface area contributed by atoms with E-state index < -0.39 is 0 Å². The minimum atomic E-state index is 0.219. The first-order valence-corrected chi connectivity index (χ1v) is 5.74. The van der Waals surface area contributed by atoms with Crippen molar-refractivity contribution in [3.05, 3.63) is 30.1 Å². The van der Waals surface area contributed by atoms with Gasteiger partial charge in [-0.05, 0) is 30.4 Å². The average molecular weight is 204 g/mol. The molecule has 1 saturated carbocycles. The summed E-state index contributed by atoms with van der Waals surface area (Å²) in [6.07, 6.45) is 4.52. The highest BCUT2D eigenvalue weighted by atomic mass is 15.0. The molecule has 0 aliphatic heterocycles. The number of rotatable bonds is 3. The van der Waals surface area contributed by atoms with E-state index in [1.54, 1.807) is 0 Å². The van der Waals surface area contributed by atoms with Crippen LogP contribution in [0, 0.1) is 5.41 Å². The molecule has 15 heavy (non-hydrogen) atoms. The molecule has 0 amide bonds. The summed E-state index contributed by atoms with van der Waals surface area (Å²) in [6, 6.07) is 7.24. The van der Waals surface area contributed by atoms with Gasteiger partial charge in [0, 0.05) is 12.2 Å². The largest absolute Gasteiger partial charge is 0.305 e. The van der Waals surface area contributed by atoms with Crippen molar-refractivity contribution in [2.75, 3.05) is 0 Å². The third-order valence-electron chi connectivity index (χ3n) is 2.83. The van der Waals surface area contributed by atoms with Crippen LogP contribution in [0.25, 0.3) is 0 Å². The lowest BCUT2D eigenvalue weighted by molar-refractivity contribution is 0.265. The summed E-state index contributed by atoms with van der Waals surface area (Å²) in [6.45, 7) is 6.80. The number of aromatic nitrogens is 1. The summed E-state index contributed by atoms with van der Waals surface area (Å²) in [7, 11) is 0. The first kappa shape index (κ1) is 10.6. The highest BCUT2D eigenvalue weighted by Gasteiger charge is 2.32. The van der Waals surface area contributed by atoms with Gasteiger partial charge in [-0.1, -0.05) is 26.8 Å². The van der Waals surface area contributed by atoms with Gasteiger partial charge in [0.05, 0.1) is 11.7 Å². The minimum absolute atomic E-state index is 0.219. The quantitative estimate of drug-likeness (QED) is 0.819. The average Bonchev–Trinajstić information content (AvgIpc) is 2.97. The normalized spacial score (nSPS) is 18.9. The monoisotopic (exact) mass is 204 g/mol. The molecular formula is C13H20N2. The van der Waals surface area contributed by atoms with Crippen LogP contribution in [0.15, 0.2) is 24.4 Å². The fourth-order valence-electron chi connectivity index (χ4n) is 1.81. The minimum Gasteiger partial charge on any atom is -0.305 e. The molecule has 2 heteroatoms. The fraction of sp³-hybridized carbons (Fsp3) is 0.615. The molecule has 1 N–H and O–H groups in total. The van der Waals surface area contributed by atoms with Crippen molar-refractivity contribution >= 4 is 0 Å². The van der Waals surface area contributed by atoms with Gasteiger partial charge in [0.15, 0.2) is 0 Å². The second kappa shape index (κ2) is 3.93. The van der Waals surface area contributed by atoms with Crippen LogP contribution in [0.1, 0.15) is 45.3 Å². The number of nitrogens with zero attached hydrogens (tertiary/aromatic N) is 1. The molecule has 1 fully saturated rings. The van der Waals surface area contributed by atoms with E-state index in [2.05, 4.69) is 43.2 Å². The van der Waals surface area contributed by atoms with Crippen molar-refractivity contribution in [2.24, 2.45) is 5.41 Å². The molecule has 1 unspecified atom stereocenters. The van der Waals surface area contributed by atoms with Crippen LogP contribution in [0.4, 0.5) is 0 Å². The third kappa shape index (κ3) is 2.78. The number of pyridine rings is 1. The van der Waals surface area contributed by atoms with Crippen LogP contribution in [-0.2, 0) is 0 Å². The zero-order valence-corrected chi connectivity index (χ0v) is 9.83. The molecule has 0 saturated heterocycles. The summed E-state index contributed by atoms with van der Waals surface area (Å²) in [5, 5.41) is 3.68. The molecule has 82 valence electrons. The molecule has 2 rings (SSSR count). The molecule has 0 spiro atoms. The van der Waals surface area contributed by atoms with Gasteiger partial charge in [-0.3, -0.25) is 4.98 Å². The van der Waals surface area contributed by atoms with E-state index in [0.717, 1.165) is 11.7 Å². The Morgan fingerprint density at radius 1 is 1.33 bits per heavy atom. The Hall–Kier alpha value is -0.890. The Morgan fingerprint density at radius 3 is 2.53 bits per heavy atom. The van der Waals surface area contributed by atoms with Gasteiger partial charge >= 0.3 is 0 Å². The van der Waals surface area contributed by atoms with E-state index in [1.165, 1.54) is 12.8 Å². The standard InChI is InChI=1S/C13H20N2/c1-13(2,3)12(15-10-7-8-10)11-6-4-5-9-14-11/h4-6,9-10,12,15H,7-8H2,1-3H3. The Kier molecular flexibility index (Phi) is 2.79. The zero-order chi connectivity index (χ0) is 10.9. The molecule has 0 aromatic carbocycles. The van der Waals surface area contributed by atoms with Crippen molar-refractivity contribution in [1.82, 2.24) is 10.3 Å². The van der Waals surface area contributed by atoms with Gasteiger partial charge in [0.2, 0.25) is 0 Å². The van der Waals surface area contributed by atoms with Crippen LogP contribution in [0.3, 0.4) is 0 Å². The summed E-state index contributed by atoms with van der Waals surface area (Å²) < 4.78 is 0. The number of hydrogen-bond acceptors (Lipinski definition) is 2. The van der Waals surface area contributed by atoms with Crippen molar-refractivity contribution < 1.29 is 0 Å². The van der Waals surface area contributed by atoms with Crippen molar-refractivity contribution in [3.63, 3.8) is 0 Å². The second-order valence-corrected chi connectivity index (χ2v) is 5.49. The Labute approximate surface area is 92.1 Å². The van der Waals surface area contributed by atoms with Crippen LogP contribution in [-0.4, -0.2) is 11.0 Å². The van der Waals surface area contributed by atoms with Gasteiger partial charge in [-0.15, -0.1) is 0 Å². The van der Waals surface area contributed by atoms with E-state index >= 15 is 0 Å². The molecule has 2 nitrogen and oxygen atoms in total. The maximum Gasteiger partial charge on any atom is 0.0578 e. The maximum absolute atomic E-state index is 4.46. The SMILES string of the molecule is CC(C)(C)C(NC1CC1)c1ccccn1. The van der Waals surface area contributed by atoms with Gasteiger partial charge < -0.3 is 5.32 Å². The van der Waals surface area contributed by atoms with E-state index in [9.17, 15) is 0 Å². The second-order valence-electron chi connectivity index (χ2n) is 5.49. The molecule has 1 atom stereocenters. The van der Waals surface area contributed by atoms with Crippen LogP contribution >= 0.6 is 0 Å². The summed E-state index contributed by atoms with van der Waals surface area (Å²) in [4.78, 5) is 4.46. The number of hydrogen-bond donors (Lipinski definition) is 1. The molecule has 1 aromatic heterocycles. The van der Waals surface area contributed by atoms with Gasteiger partial charge in [0.25, 0.3) is 0 Å². The van der Waals surface area contributed by atoms with Gasteiger partial charge in [0.1, 0.15) is 0 Å². The molecule has 1 aromatic rings. The van der Waals surface area contributed by atoms with Crippen LogP contribution in [0.2, 0.25) is 0 Å². The molecule has 1 heterocycles. The third-order valence-corrected chi connectivity index (χ3v) is 2.83. The predicted molar refractivity (Wildman–Crippen MR) is 62.6 cm³/mol. The maximum atomic E-state index is 4.46. The summed E-state index contributed by atoms with van der Waals surface area (Å²) in [5.41, 5.74) is 1.38. The first-order chi connectivity index (χ1) is 7.07. The Morgan fingerprint density at radius 2 is 2.07 bits per heavy atom. The highest BCUT2D eigenvalue weighted by molar-refractivity contribution is 5.12. The first-order valence-electron chi connectivity index (χ1n) is 5.74. The van der Waals surface area contributed by atoms with Crippen LogP contribution in [0.5, 0.6) is 0 Å². The predicted octanol–water partition coefficient (Wildman–Crippen LogP) is 2.92. The van der Waals surface area contributed by atoms with Crippen LogP contribution < -0.4 is 5.32 Å². The van der Waals surface area contributed by atoms with Crippen molar-refractivity contribution in [2.45, 2.75) is 45.7 Å². The van der Waals surface area contributed by atoms with Gasteiger partial charge in [-0.25, -0.2) is 0 Å². The van der Waals surface area contributed by atoms with E-state index in [0.29, 0.717) is 6.04 Å². The van der Waals surface area contributed by atoms with E-state index in [-0.39, 0.29) is 5.41 Å². The Balaban J connectivity index is 2.17. The summed E-state index contributed by atoms with van der Waals surface area (Å²) in [5.74, 6) is 0. The highest BCUT2D eigenvalue weighted by Crippen LogP contribution is 2.35. The lowest BCUT2D eigenvalue weighted by Crippen LogP contribution is -2.34. The van der Waals surface area contributed by atoms with Crippen molar-refractivity contribution in [3.8, 4) is 0 Å². The molecule has 0 bridgehead atoms. The fourth-order valence-corrected chi connectivity index (χ4v) is 1.81. The zero-order valence-electron chi connectivity index (χ0n) is 9.83. The lowest BCUT2D eigenvalue weighted by Gasteiger charge is -2.31. The Bertz CT molecular complexity index is 309. The lowest BCUT2D eigenvalue weighted by atomic mass is 9.84. The number of nitrogens with one attached hydrogen (secondary N) is 1. The summed E-state index contributed by atoms with van der Waals surface area (Å²) >= 11 is 0. The van der Waals surface area contributed by atoms with E-state index in [1.807, 2.05) is 12.3 Å². The molecule has 1 aliphatic carbocycles. The smallest absolute Gasteiger partial charge is 0.0578 e. The van der Waals surface area contributed by atoms with Gasteiger partial charge in [-0.2, -0.15) is 0 Å². The van der Waals surface area contributed by atoms with E-state index in [4.69, 9.17) is 0 Å². The molecule has 0 radical (unpaired) electrons. The molecule has 1 aliphatic rings. The molecular weight excluding hydrogens is 184 g/mol. The van der Waals surface area contributed by atoms with Crippen molar-refractivity contribution in [1.29, 1.82) is 0 Å².